The molecule has 11 nitrogen and oxygen atoms in total. The molecule has 0 spiro atoms. The second-order valence-corrected chi connectivity index (χ2v) is 9.02. The van der Waals surface area contributed by atoms with Crippen LogP contribution in [-0.2, 0) is 9.84 Å². The molecular formula is C19H12ClN5O6S. The standard InChI is InChI=1S/C19H12ClN5O6S/c20-14-10-13(17(24(26)27)11-18(14)25(28)29)19(32(30,31)12-6-2-1-3-7-12)23-16-9-5-4-8-15(16)21-22-23/h1-11,19H. The summed E-state index contributed by atoms with van der Waals surface area (Å²) in [6, 6.07) is 15.3. The van der Waals surface area contributed by atoms with Crippen LogP contribution in [-0.4, -0.2) is 33.3 Å². The normalized spacial score (nSPS) is 12.5. The van der Waals surface area contributed by atoms with Crippen molar-refractivity contribution in [3.63, 3.8) is 0 Å². The van der Waals surface area contributed by atoms with Gasteiger partial charge in [0.1, 0.15) is 10.5 Å². The first-order valence-electron chi connectivity index (χ1n) is 8.93. The maximum absolute atomic E-state index is 13.7. The van der Waals surface area contributed by atoms with E-state index < -0.39 is 41.5 Å². The Morgan fingerprint density at radius 1 is 0.906 bits per heavy atom. The molecule has 1 unspecified atom stereocenters. The first-order valence-corrected chi connectivity index (χ1v) is 10.9. The minimum Gasteiger partial charge on any atom is -0.258 e. The number of aromatic nitrogens is 3. The maximum Gasteiger partial charge on any atom is 0.294 e. The van der Waals surface area contributed by atoms with E-state index in [1.807, 2.05) is 0 Å². The second-order valence-electron chi connectivity index (χ2n) is 6.61. The van der Waals surface area contributed by atoms with E-state index in [9.17, 15) is 28.6 Å². The number of halogens is 1. The molecule has 1 atom stereocenters. The molecule has 4 rings (SSSR count). The lowest BCUT2D eigenvalue weighted by molar-refractivity contribution is -0.394. The monoisotopic (exact) mass is 473 g/mol. The molecule has 0 aliphatic carbocycles. The molecule has 4 aromatic rings. The predicted molar refractivity (Wildman–Crippen MR) is 114 cm³/mol. The van der Waals surface area contributed by atoms with Crippen LogP contribution in [0, 0.1) is 20.2 Å². The molecule has 0 amide bonds. The molecule has 32 heavy (non-hydrogen) atoms. The third-order valence-electron chi connectivity index (χ3n) is 4.72. The number of hydrogen-bond acceptors (Lipinski definition) is 8. The van der Waals surface area contributed by atoms with Crippen molar-refractivity contribution in [3.05, 3.63) is 97.5 Å². The van der Waals surface area contributed by atoms with Gasteiger partial charge < -0.3 is 0 Å². The van der Waals surface area contributed by atoms with Crippen molar-refractivity contribution in [2.24, 2.45) is 0 Å². The Morgan fingerprint density at radius 3 is 2.19 bits per heavy atom. The van der Waals surface area contributed by atoms with Gasteiger partial charge in [-0.15, -0.1) is 5.10 Å². The number of nitrogens with zero attached hydrogens (tertiary/aromatic N) is 5. The van der Waals surface area contributed by atoms with Gasteiger partial charge in [-0.05, 0) is 30.3 Å². The van der Waals surface area contributed by atoms with Crippen LogP contribution >= 0.6 is 11.6 Å². The van der Waals surface area contributed by atoms with E-state index in [1.165, 1.54) is 24.3 Å². The van der Waals surface area contributed by atoms with Crippen LogP contribution in [0.4, 0.5) is 11.4 Å². The molecule has 162 valence electrons. The summed E-state index contributed by atoms with van der Waals surface area (Å²) in [5.74, 6) is 0. The fourth-order valence-corrected chi connectivity index (χ4v) is 5.27. The fraction of sp³-hybridized carbons (Fsp3) is 0.0526. The zero-order valence-corrected chi connectivity index (χ0v) is 17.5. The summed E-state index contributed by atoms with van der Waals surface area (Å²) >= 11 is 6.02. The number of nitro benzene ring substituents is 2. The number of fused-ring (bicyclic) bond motifs is 1. The Bertz CT molecular complexity index is 1470. The summed E-state index contributed by atoms with van der Waals surface area (Å²) in [5, 5.41) is 28.7. The number of benzene rings is 3. The summed E-state index contributed by atoms with van der Waals surface area (Å²) in [6.45, 7) is 0. The lowest BCUT2D eigenvalue weighted by atomic mass is 10.1. The van der Waals surface area contributed by atoms with Gasteiger partial charge in [0.15, 0.2) is 5.37 Å². The van der Waals surface area contributed by atoms with Crippen molar-refractivity contribution < 1.29 is 18.3 Å². The van der Waals surface area contributed by atoms with E-state index in [0.29, 0.717) is 17.1 Å². The molecule has 0 aliphatic heterocycles. The highest BCUT2D eigenvalue weighted by Gasteiger charge is 2.39. The minimum atomic E-state index is -4.35. The molecule has 0 saturated heterocycles. The van der Waals surface area contributed by atoms with Crippen molar-refractivity contribution in [3.8, 4) is 0 Å². The molecule has 0 N–H and O–H groups in total. The average molecular weight is 474 g/mol. The number of sulfone groups is 1. The van der Waals surface area contributed by atoms with Gasteiger partial charge in [-0.3, -0.25) is 20.2 Å². The van der Waals surface area contributed by atoms with Crippen LogP contribution in [0.25, 0.3) is 11.0 Å². The highest BCUT2D eigenvalue weighted by atomic mass is 35.5. The van der Waals surface area contributed by atoms with Crippen LogP contribution in [0.5, 0.6) is 0 Å². The Morgan fingerprint density at radius 2 is 1.53 bits per heavy atom. The second kappa shape index (κ2) is 7.98. The van der Waals surface area contributed by atoms with E-state index in [0.717, 1.165) is 10.7 Å². The van der Waals surface area contributed by atoms with Crippen LogP contribution in [0.1, 0.15) is 10.9 Å². The van der Waals surface area contributed by atoms with Crippen LogP contribution in [0.2, 0.25) is 5.02 Å². The van der Waals surface area contributed by atoms with E-state index in [2.05, 4.69) is 10.3 Å². The molecule has 0 radical (unpaired) electrons. The summed E-state index contributed by atoms with van der Waals surface area (Å²) in [5.41, 5.74) is -1.24. The molecule has 0 aliphatic rings. The largest absolute Gasteiger partial charge is 0.294 e. The van der Waals surface area contributed by atoms with E-state index in [1.54, 1.807) is 30.3 Å². The molecule has 0 saturated carbocycles. The van der Waals surface area contributed by atoms with Crippen molar-refractivity contribution in [2.75, 3.05) is 0 Å². The first kappa shape index (κ1) is 21.3. The van der Waals surface area contributed by atoms with Gasteiger partial charge in [0, 0.05) is 0 Å². The summed E-state index contributed by atoms with van der Waals surface area (Å²) in [7, 11) is -4.35. The van der Waals surface area contributed by atoms with E-state index in [-0.39, 0.29) is 10.5 Å². The van der Waals surface area contributed by atoms with Crippen LogP contribution in [0.15, 0.2) is 71.6 Å². The maximum atomic E-state index is 13.7. The van der Waals surface area contributed by atoms with Gasteiger partial charge in [0.25, 0.3) is 11.4 Å². The lowest BCUT2D eigenvalue weighted by Crippen LogP contribution is -2.24. The average Bonchev–Trinajstić information content (AvgIpc) is 3.18. The van der Waals surface area contributed by atoms with E-state index >= 15 is 0 Å². The predicted octanol–water partition coefficient (Wildman–Crippen LogP) is 3.92. The summed E-state index contributed by atoms with van der Waals surface area (Å²) in [4.78, 5) is 21.1. The minimum absolute atomic E-state index is 0.131. The molecule has 0 fully saturated rings. The third kappa shape index (κ3) is 3.55. The van der Waals surface area contributed by atoms with Gasteiger partial charge in [-0.25, -0.2) is 13.1 Å². The molecular weight excluding hydrogens is 462 g/mol. The van der Waals surface area contributed by atoms with Crippen molar-refractivity contribution in [2.45, 2.75) is 10.3 Å². The number of para-hydroxylation sites is 1. The highest BCUT2D eigenvalue weighted by Crippen LogP contribution is 2.41. The molecule has 0 bridgehead atoms. The number of nitro groups is 2. The molecule has 13 heteroatoms. The smallest absolute Gasteiger partial charge is 0.258 e. The van der Waals surface area contributed by atoms with Crippen LogP contribution < -0.4 is 0 Å². The highest BCUT2D eigenvalue weighted by molar-refractivity contribution is 7.91. The zero-order valence-electron chi connectivity index (χ0n) is 15.9. The van der Waals surface area contributed by atoms with Crippen molar-refractivity contribution in [1.29, 1.82) is 0 Å². The third-order valence-corrected chi connectivity index (χ3v) is 6.99. The Labute approximate surface area is 185 Å². The van der Waals surface area contributed by atoms with Crippen molar-refractivity contribution in [1.82, 2.24) is 15.0 Å². The molecule has 3 aromatic carbocycles. The van der Waals surface area contributed by atoms with Crippen molar-refractivity contribution >= 4 is 43.8 Å². The first-order chi connectivity index (χ1) is 15.2. The lowest BCUT2D eigenvalue weighted by Gasteiger charge is -2.19. The fourth-order valence-electron chi connectivity index (χ4n) is 3.29. The van der Waals surface area contributed by atoms with Gasteiger partial charge in [0.05, 0.1) is 31.9 Å². The summed E-state index contributed by atoms with van der Waals surface area (Å²) < 4.78 is 28.4. The topological polar surface area (TPSA) is 151 Å². The van der Waals surface area contributed by atoms with Gasteiger partial charge in [-0.1, -0.05) is 47.1 Å². The zero-order chi connectivity index (χ0) is 23.0. The Balaban J connectivity index is 2.09. The summed E-state index contributed by atoms with van der Waals surface area (Å²) in [6.07, 6.45) is 0. The van der Waals surface area contributed by atoms with Gasteiger partial charge in [0.2, 0.25) is 9.84 Å². The Hall–Kier alpha value is -3.90. The number of rotatable bonds is 6. The Kier molecular flexibility index (Phi) is 5.32. The molecule has 1 heterocycles. The molecule has 1 aromatic heterocycles. The SMILES string of the molecule is O=[N+]([O-])c1cc([N+](=O)[O-])c(C(n2nnc3ccccc32)S(=O)(=O)c2ccccc2)cc1Cl. The quantitative estimate of drug-likeness (QED) is 0.301. The van der Waals surface area contributed by atoms with Gasteiger partial charge >= 0.3 is 0 Å². The number of hydrogen-bond donors (Lipinski definition) is 0. The van der Waals surface area contributed by atoms with Gasteiger partial charge in [-0.2, -0.15) is 0 Å². The van der Waals surface area contributed by atoms with E-state index in [4.69, 9.17) is 11.6 Å². The van der Waals surface area contributed by atoms with Crippen LogP contribution in [0.3, 0.4) is 0 Å².